The molecule has 3 N–H and O–H groups in total. The summed E-state index contributed by atoms with van der Waals surface area (Å²) in [5.41, 5.74) is 1.79. The molecule has 0 radical (unpaired) electrons. The molecule has 1 aromatic heterocycles. The van der Waals surface area contributed by atoms with Crippen LogP contribution in [-0.2, 0) is 14.4 Å². The van der Waals surface area contributed by atoms with Gasteiger partial charge in [-0.25, -0.2) is 4.79 Å². The van der Waals surface area contributed by atoms with Gasteiger partial charge < -0.3 is 15.7 Å². The molecule has 0 aliphatic rings. The molecule has 0 spiro atoms. The third-order valence-electron chi connectivity index (χ3n) is 6.36. The van der Waals surface area contributed by atoms with Crippen LogP contribution in [0.5, 0.6) is 0 Å². The summed E-state index contributed by atoms with van der Waals surface area (Å²) in [7, 11) is 0. The number of aromatic nitrogens is 1. The zero-order valence-electron chi connectivity index (χ0n) is 26.0. The van der Waals surface area contributed by atoms with E-state index in [0.717, 1.165) is 56.2 Å². The van der Waals surface area contributed by atoms with Gasteiger partial charge in [-0.2, -0.15) is 0 Å². The van der Waals surface area contributed by atoms with Gasteiger partial charge in [0.25, 0.3) is 0 Å². The zero-order valence-corrected chi connectivity index (χ0v) is 26.0. The minimum Gasteiger partial charge on any atom is -0.480 e. The second kappa shape index (κ2) is 25.7. The van der Waals surface area contributed by atoms with Gasteiger partial charge in [0.1, 0.15) is 6.04 Å². The molecule has 0 aliphatic heterocycles. The Morgan fingerprint density at radius 1 is 0.814 bits per heavy atom. The first-order chi connectivity index (χ1) is 20.9. The number of rotatable bonds is 23. The number of unbranched alkanes of at least 4 members (excludes halogenated alkanes) is 2. The van der Waals surface area contributed by atoms with Crippen molar-refractivity contribution >= 4 is 23.9 Å². The number of aryl methyl sites for hydroxylation is 1. The van der Waals surface area contributed by atoms with Crippen LogP contribution in [0.15, 0.2) is 85.2 Å². The molecule has 234 valence electrons. The molecule has 0 unspecified atom stereocenters. The SMILES string of the molecule is CCC=CCC=CCC=CCC=CCC=CCCCC(=O)NCCCC[C@H](NC(=O)CC=Cc1ccc(C)nc1)C(=O)O. The summed E-state index contributed by atoms with van der Waals surface area (Å²) in [6.45, 7) is 4.53. The van der Waals surface area contributed by atoms with Crippen LogP contribution in [0.3, 0.4) is 0 Å². The largest absolute Gasteiger partial charge is 0.480 e. The molecule has 0 saturated carbocycles. The molecule has 1 atom stereocenters. The van der Waals surface area contributed by atoms with Crippen molar-refractivity contribution in [1.29, 1.82) is 0 Å². The van der Waals surface area contributed by atoms with E-state index in [1.807, 2.05) is 19.1 Å². The molecule has 7 nitrogen and oxygen atoms in total. The highest BCUT2D eigenvalue weighted by Gasteiger charge is 2.18. The Kier molecular flexibility index (Phi) is 22.1. The van der Waals surface area contributed by atoms with Crippen LogP contribution in [-0.4, -0.2) is 40.5 Å². The van der Waals surface area contributed by atoms with Crippen molar-refractivity contribution in [2.24, 2.45) is 0 Å². The normalized spacial score (nSPS) is 12.9. The third-order valence-corrected chi connectivity index (χ3v) is 6.36. The van der Waals surface area contributed by atoms with Crippen LogP contribution in [0.2, 0.25) is 0 Å². The summed E-state index contributed by atoms with van der Waals surface area (Å²) >= 11 is 0. The number of pyridine rings is 1. The van der Waals surface area contributed by atoms with Crippen molar-refractivity contribution < 1.29 is 19.5 Å². The lowest BCUT2D eigenvalue weighted by molar-refractivity contribution is -0.142. The number of allylic oxidation sites excluding steroid dienone is 10. The van der Waals surface area contributed by atoms with Crippen molar-refractivity contribution in [3.8, 4) is 0 Å². The number of carboxylic acids is 1. The lowest BCUT2D eigenvalue weighted by Gasteiger charge is -2.14. The van der Waals surface area contributed by atoms with Gasteiger partial charge in [0.05, 0.1) is 0 Å². The summed E-state index contributed by atoms with van der Waals surface area (Å²) in [6.07, 6.45) is 35.5. The number of nitrogens with one attached hydrogen (secondary N) is 2. The maximum absolute atomic E-state index is 12.2. The quantitative estimate of drug-likeness (QED) is 0.0901. The second-order valence-corrected chi connectivity index (χ2v) is 10.2. The van der Waals surface area contributed by atoms with Crippen LogP contribution in [0.25, 0.3) is 6.08 Å². The highest BCUT2D eigenvalue weighted by atomic mass is 16.4. The Bertz CT molecular complexity index is 1100. The molecule has 0 saturated heterocycles. The predicted octanol–water partition coefficient (Wildman–Crippen LogP) is 7.57. The smallest absolute Gasteiger partial charge is 0.326 e. The molecule has 0 fully saturated rings. The average molecular weight is 590 g/mol. The molecule has 0 bridgehead atoms. The Morgan fingerprint density at radius 3 is 2.02 bits per heavy atom. The molecule has 1 heterocycles. The molecular formula is C36H51N3O4. The summed E-state index contributed by atoms with van der Waals surface area (Å²) < 4.78 is 0. The van der Waals surface area contributed by atoms with Gasteiger partial charge in [-0.05, 0) is 82.8 Å². The first-order valence-electron chi connectivity index (χ1n) is 15.5. The van der Waals surface area contributed by atoms with Gasteiger partial charge in [-0.15, -0.1) is 0 Å². The van der Waals surface area contributed by atoms with E-state index in [-0.39, 0.29) is 18.2 Å². The molecule has 1 rings (SSSR count). The van der Waals surface area contributed by atoms with Crippen LogP contribution < -0.4 is 10.6 Å². The maximum Gasteiger partial charge on any atom is 0.326 e. The van der Waals surface area contributed by atoms with E-state index >= 15 is 0 Å². The predicted molar refractivity (Wildman–Crippen MR) is 177 cm³/mol. The summed E-state index contributed by atoms with van der Waals surface area (Å²) in [4.78, 5) is 40.0. The number of carbonyl (C=O) groups is 3. The van der Waals surface area contributed by atoms with Crippen LogP contribution >= 0.6 is 0 Å². The molecule has 7 heteroatoms. The Balaban J connectivity index is 2.07. The summed E-state index contributed by atoms with van der Waals surface area (Å²) in [5, 5.41) is 14.9. The van der Waals surface area contributed by atoms with Crippen molar-refractivity contribution in [3.63, 3.8) is 0 Å². The van der Waals surface area contributed by atoms with Crippen molar-refractivity contribution in [1.82, 2.24) is 15.6 Å². The monoisotopic (exact) mass is 589 g/mol. The fourth-order valence-electron chi connectivity index (χ4n) is 3.93. The van der Waals surface area contributed by atoms with E-state index < -0.39 is 12.0 Å². The Morgan fingerprint density at radius 2 is 1.44 bits per heavy atom. The fourth-order valence-corrected chi connectivity index (χ4v) is 3.93. The van der Waals surface area contributed by atoms with E-state index in [1.165, 1.54) is 0 Å². The first-order valence-corrected chi connectivity index (χ1v) is 15.5. The zero-order chi connectivity index (χ0) is 31.4. The summed E-state index contributed by atoms with van der Waals surface area (Å²) in [6, 6.07) is 2.85. The maximum atomic E-state index is 12.2. The van der Waals surface area contributed by atoms with Gasteiger partial charge in [0, 0.05) is 31.3 Å². The van der Waals surface area contributed by atoms with Gasteiger partial charge >= 0.3 is 5.97 Å². The second-order valence-electron chi connectivity index (χ2n) is 10.2. The molecule has 0 aliphatic carbocycles. The van der Waals surface area contributed by atoms with E-state index in [0.29, 0.717) is 32.2 Å². The van der Waals surface area contributed by atoms with E-state index in [9.17, 15) is 19.5 Å². The van der Waals surface area contributed by atoms with Gasteiger partial charge in [-0.3, -0.25) is 14.6 Å². The highest BCUT2D eigenvalue weighted by molar-refractivity contribution is 5.84. The lowest BCUT2D eigenvalue weighted by atomic mass is 10.1. The van der Waals surface area contributed by atoms with Gasteiger partial charge in [-0.1, -0.05) is 85.9 Å². The Labute approximate surface area is 258 Å². The highest BCUT2D eigenvalue weighted by Crippen LogP contribution is 2.05. The summed E-state index contributed by atoms with van der Waals surface area (Å²) in [5.74, 6) is -1.39. The number of nitrogens with zero attached hydrogens (tertiary/aromatic N) is 1. The minimum absolute atomic E-state index is 0.00556. The number of carboxylic acid groups (broad SMARTS) is 1. The number of hydrogen-bond acceptors (Lipinski definition) is 4. The van der Waals surface area contributed by atoms with Crippen LogP contribution in [0.4, 0.5) is 0 Å². The van der Waals surface area contributed by atoms with Crippen LogP contribution in [0, 0.1) is 6.92 Å². The van der Waals surface area contributed by atoms with Crippen molar-refractivity contribution in [2.75, 3.05) is 6.54 Å². The van der Waals surface area contributed by atoms with E-state index in [2.05, 4.69) is 83.3 Å². The Hall–Kier alpha value is -4.00. The molecule has 0 aromatic carbocycles. The minimum atomic E-state index is -1.06. The molecule has 2 amide bonds. The number of aliphatic carboxylic acids is 1. The molecule has 1 aromatic rings. The average Bonchev–Trinajstić information content (AvgIpc) is 2.98. The van der Waals surface area contributed by atoms with E-state index in [1.54, 1.807) is 18.3 Å². The lowest BCUT2D eigenvalue weighted by Crippen LogP contribution is -2.40. The first kappa shape index (κ1) is 37.0. The standard InChI is InChI=1S/C36H51N3O4/c1-3-4-5-6-7-8-9-10-11-12-13-14-15-16-17-18-19-25-34(40)37-29-21-20-24-33(36(42)43)39-35(41)26-22-23-32-28-27-31(2)38-30-32/h4-5,7-8,10-11,13-14,16-17,22-23,27-28,30,33H,3,6,9,12,15,18-21,24-26,29H2,1-2H3,(H,37,40)(H,39,41)(H,42,43)/t33-/m0/s1. The van der Waals surface area contributed by atoms with Crippen LogP contribution in [0.1, 0.15) is 95.2 Å². The van der Waals surface area contributed by atoms with Crippen molar-refractivity contribution in [3.05, 3.63) is 96.4 Å². The number of hydrogen-bond donors (Lipinski definition) is 3. The number of carbonyl (C=O) groups excluding carboxylic acids is 2. The third kappa shape index (κ3) is 22.3. The molecular weight excluding hydrogens is 538 g/mol. The topological polar surface area (TPSA) is 108 Å². The molecule has 43 heavy (non-hydrogen) atoms. The van der Waals surface area contributed by atoms with E-state index in [4.69, 9.17) is 0 Å². The van der Waals surface area contributed by atoms with Crippen molar-refractivity contribution in [2.45, 2.75) is 96.9 Å². The van der Waals surface area contributed by atoms with Gasteiger partial charge in [0.15, 0.2) is 0 Å². The van der Waals surface area contributed by atoms with Gasteiger partial charge in [0.2, 0.25) is 11.8 Å². The number of amides is 2. The fraction of sp³-hybridized carbons (Fsp3) is 0.444.